The first kappa shape index (κ1) is 13.3. The molecular formula is C15H22FNO. The molecule has 0 aromatic heterocycles. The highest BCUT2D eigenvalue weighted by Crippen LogP contribution is 2.25. The normalized spacial score (nSPS) is 19.3. The molecular weight excluding hydrogens is 229 g/mol. The minimum absolute atomic E-state index is 0.244. The van der Waals surface area contributed by atoms with E-state index in [4.69, 9.17) is 10.5 Å². The molecule has 0 bridgehead atoms. The number of benzene rings is 1. The molecule has 0 spiro atoms. The van der Waals surface area contributed by atoms with Crippen LogP contribution in [0.5, 0.6) is 5.75 Å². The zero-order valence-electron chi connectivity index (χ0n) is 11.0. The highest BCUT2D eigenvalue weighted by Gasteiger charge is 2.15. The van der Waals surface area contributed by atoms with E-state index in [0.29, 0.717) is 11.3 Å². The van der Waals surface area contributed by atoms with Crippen molar-refractivity contribution in [3.8, 4) is 5.75 Å². The molecule has 0 amide bonds. The van der Waals surface area contributed by atoms with Gasteiger partial charge in [-0.05, 0) is 38.7 Å². The summed E-state index contributed by atoms with van der Waals surface area (Å²) >= 11 is 0. The Bertz CT molecular complexity index is 384. The van der Waals surface area contributed by atoms with Gasteiger partial charge in [0.25, 0.3) is 0 Å². The summed E-state index contributed by atoms with van der Waals surface area (Å²) in [5.74, 6) is 0.361. The third kappa shape index (κ3) is 3.45. The number of halogens is 1. The molecule has 1 aromatic rings. The molecule has 3 heteroatoms. The first-order valence-corrected chi connectivity index (χ1v) is 6.88. The fourth-order valence-electron chi connectivity index (χ4n) is 2.50. The van der Waals surface area contributed by atoms with E-state index in [1.807, 2.05) is 6.07 Å². The molecule has 0 heterocycles. The van der Waals surface area contributed by atoms with Crippen LogP contribution in [0.25, 0.3) is 0 Å². The molecule has 0 aliphatic heterocycles. The van der Waals surface area contributed by atoms with E-state index in [-0.39, 0.29) is 18.0 Å². The van der Waals surface area contributed by atoms with E-state index < -0.39 is 0 Å². The van der Waals surface area contributed by atoms with Crippen molar-refractivity contribution in [1.29, 1.82) is 0 Å². The number of nitrogens with two attached hydrogens (primary N) is 1. The molecule has 1 aromatic carbocycles. The molecule has 2 rings (SSSR count). The fourth-order valence-corrected chi connectivity index (χ4v) is 2.50. The Labute approximate surface area is 108 Å². The van der Waals surface area contributed by atoms with Gasteiger partial charge in [-0.25, -0.2) is 4.39 Å². The second kappa shape index (κ2) is 6.19. The first-order chi connectivity index (χ1) is 8.66. The number of ether oxygens (including phenoxy) is 1. The maximum Gasteiger partial charge on any atom is 0.131 e. The van der Waals surface area contributed by atoms with Crippen molar-refractivity contribution < 1.29 is 9.13 Å². The largest absolute Gasteiger partial charge is 0.490 e. The van der Waals surface area contributed by atoms with E-state index in [1.54, 1.807) is 13.0 Å². The Morgan fingerprint density at radius 1 is 1.22 bits per heavy atom. The SMILES string of the molecule is C[C@H](N)c1ccc(OC2CCCCCC2)cc1F. The molecule has 1 saturated carbocycles. The minimum Gasteiger partial charge on any atom is -0.490 e. The van der Waals surface area contributed by atoms with Crippen molar-refractivity contribution in [2.45, 2.75) is 57.6 Å². The summed E-state index contributed by atoms with van der Waals surface area (Å²) in [7, 11) is 0. The molecule has 1 aliphatic rings. The van der Waals surface area contributed by atoms with Gasteiger partial charge < -0.3 is 10.5 Å². The van der Waals surface area contributed by atoms with Gasteiger partial charge in [0.1, 0.15) is 11.6 Å². The van der Waals surface area contributed by atoms with Gasteiger partial charge in [0.2, 0.25) is 0 Å². The smallest absolute Gasteiger partial charge is 0.131 e. The summed E-state index contributed by atoms with van der Waals surface area (Å²) < 4.78 is 19.6. The molecule has 0 radical (unpaired) electrons. The van der Waals surface area contributed by atoms with Crippen molar-refractivity contribution in [3.63, 3.8) is 0 Å². The molecule has 2 nitrogen and oxygen atoms in total. The van der Waals surface area contributed by atoms with Gasteiger partial charge in [-0.3, -0.25) is 0 Å². The lowest BCUT2D eigenvalue weighted by Crippen LogP contribution is -2.15. The predicted molar refractivity (Wildman–Crippen MR) is 71.1 cm³/mol. The van der Waals surface area contributed by atoms with E-state index >= 15 is 0 Å². The quantitative estimate of drug-likeness (QED) is 0.826. The van der Waals surface area contributed by atoms with E-state index in [9.17, 15) is 4.39 Å². The lowest BCUT2D eigenvalue weighted by Gasteiger charge is -2.18. The van der Waals surface area contributed by atoms with E-state index in [2.05, 4.69) is 0 Å². The Kier molecular flexibility index (Phi) is 4.59. The van der Waals surface area contributed by atoms with Crippen LogP contribution in [-0.2, 0) is 0 Å². The van der Waals surface area contributed by atoms with Crippen LogP contribution in [0.4, 0.5) is 4.39 Å². The first-order valence-electron chi connectivity index (χ1n) is 6.88. The molecule has 1 aliphatic carbocycles. The van der Waals surface area contributed by atoms with Crippen LogP contribution < -0.4 is 10.5 Å². The Morgan fingerprint density at radius 2 is 1.89 bits per heavy atom. The summed E-state index contributed by atoms with van der Waals surface area (Å²) in [5.41, 5.74) is 6.23. The second-order valence-electron chi connectivity index (χ2n) is 5.20. The molecule has 1 atom stereocenters. The highest BCUT2D eigenvalue weighted by molar-refractivity contribution is 5.30. The maximum atomic E-state index is 13.8. The van der Waals surface area contributed by atoms with Gasteiger partial charge in [0.05, 0.1) is 6.10 Å². The maximum absolute atomic E-state index is 13.8. The molecule has 18 heavy (non-hydrogen) atoms. The van der Waals surface area contributed by atoms with Gasteiger partial charge in [0.15, 0.2) is 0 Å². The lowest BCUT2D eigenvalue weighted by atomic mass is 10.1. The van der Waals surface area contributed by atoms with E-state index in [0.717, 1.165) is 12.8 Å². The van der Waals surface area contributed by atoms with Crippen molar-refractivity contribution in [3.05, 3.63) is 29.6 Å². The lowest BCUT2D eigenvalue weighted by molar-refractivity contribution is 0.183. The molecule has 100 valence electrons. The Balaban J connectivity index is 2.02. The highest BCUT2D eigenvalue weighted by atomic mass is 19.1. The van der Waals surface area contributed by atoms with Crippen LogP contribution in [0.1, 0.15) is 57.1 Å². The van der Waals surface area contributed by atoms with Crippen molar-refractivity contribution in [2.75, 3.05) is 0 Å². The van der Waals surface area contributed by atoms with Crippen LogP contribution in [0, 0.1) is 5.82 Å². The Hall–Kier alpha value is -1.09. The van der Waals surface area contributed by atoms with Crippen molar-refractivity contribution in [1.82, 2.24) is 0 Å². The average Bonchev–Trinajstić information content (AvgIpc) is 2.57. The van der Waals surface area contributed by atoms with Crippen molar-refractivity contribution >= 4 is 0 Å². The second-order valence-corrected chi connectivity index (χ2v) is 5.20. The zero-order chi connectivity index (χ0) is 13.0. The van der Waals surface area contributed by atoms with E-state index in [1.165, 1.54) is 31.7 Å². The molecule has 0 saturated heterocycles. The van der Waals surface area contributed by atoms with Crippen LogP contribution in [0.15, 0.2) is 18.2 Å². The topological polar surface area (TPSA) is 35.2 Å². The Morgan fingerprint density at radius 3 is 2.44 bits per heavy atom. The van der Waals surface area contributed by atoms with Gasteiger partial charge in [0, 0.05) is 17.7 Å². The van der Waals surface area contributed by atoms with Gasteiger partial charge in [-0.1, -0.05) is 18.9 Å². The standard InChI is InChI=1S/C15H22FNO/c1-11(17)14-9-8-13(10-15(14)16)18-12-6-4-2-3-5-7-12/h8-12H,2-7,17H2,1H3/t11-/m0/s1. The summed E-state index contributed by atoms with van der Waals surface area (Å²) in [4.78, 5) is 0. The summed E-state index contributed by atoms with van der Waals surface area (Å²) in [5, 5.41) is 0. The van der Waals surface area contributed by atoms with Crippen LogP contribution in [0.3, 0.4) is 0 Å². The van der Waals surface area contributed by atoms with Gasteiger partial charge >= 0.3 is 0 Å². The number of hydrogen-bond donors (Lipinski definition) is 1. The van der Waals surface area contributed by atoms with Gasteiger partial charge in [-0.2, -0.15) is 0 Å². The third-order valence-corrected chi connectivity index (χ3v) is 3.57. The third-order valence-electron chi connectivity index (χ3n) is 3.57. The predicted octanol–water partition coefficient (Wildman–Crippen LogP) is 3.95. The average molecular weight is 251 g/mol. The van der Waals surface area contributed by atoms with Crippen molar-refractivity contribution in [2.24, 2.45) is 5.73 Å². The zero-order valence-corrected chi connectivity index (χ0v) is 11.0. The monoisotopic (exact) mass is 251 g/mol. The van der Waals surface area contributed by atoms with Crippen LogP contribution in [-0.4, -0.2) is 6.10 Å². The number of rotatable bonds is 3. The molecule has 2 N–H and O–H groups in total. The van der Waals surface area contributed by atoms with Gasteiger partial charge in [-0.15, -0.1) is 0 Å². The minimum atomic E-state index is -0.281. The fraction of sp³-hybridized carbons (Fsp3) is 0.600. The van der Waals surface area contributed by atoms with Crippen LogP contribution >= 0.6 is 0 Å². The molecule has 0 unspecified atom stereocenters. The summed E-state index contributed by atoms with van der Waals surface area (Å²) in [6, 6.07) is 4.74. The van der Waals surface area contributed by atoms with Crippen LogP contribution in [0.2, 0.25) is 0 Å². The molecule has 1 fully saturated rings. The number of hydrogen-bond acceptors (Lipinski definition) is 2. The summed E-state index contributed by atoms with van der Waals surface area (Å²) in [6.45, 7) is 1.78. The summed E-state index contributed by atoms with van der Waals surface area (Å²) in [6.07, 6.45) is 7.41.